The van der Waals surface area contributed by atoms with Crippen molar-refractivity contribution >= 4 is 5.97 Å². The molecule has 1 unspecified atom stereocenters. The molecule has 1 rings (SSSR count). The summed E-state index contributed by atoms with van der Waals surface area (Å²) in [7, 11) is 0. The van der Waals surface area contributed by atoms with E-state index >= 15 is 0 Å². The summed E-state index contributed by atoms with van der Waals surface area (Å²) in [6.45, 7) is 0. The van der Waals surface area contributed by atoms with E-state index in [1.807, 2.05) is 0 Å². The predicted octanol–water partition coefficient (Wildman–Crippen LogP) is 1.45. The minimum Gasteiger partial charge on any atom is -0.481 e. The largest absolute Gasteiger partial charge is 0.481 e. The minimum atomic E-state index is -0.801. The summed E-state index contributed by atoms with van der Waals surface area (Å²) in [5.74, 6) is 1.65. The standard InChI is InChI=1S/C11H12N2O2/c1-2-9(5-3-7-11(14)15)10-6-4-8-12-13-10/h1,4,6,8-9H,3,5,7H2,(H,14,15). The first-order chi connectivity index (χ1) is 7.24. The third-order valence-electron chi connectivity index (χ3n) is 2.03. The highest BCUT2D eigenvalue weighted by Crippen LogP contribution is 2.18. The molecule has 0 saturated carbocycles. The van der Waals surface area contributed by atoms with Crippen LogP contribution in [0, 0.1) is 12.3 Å². The highest BCUT2D eigenvalue weighted by molar-refractivity contribution is 5.66. The van der Waals surface area contributed by atoms with Gasteiger partial charge in [0.15, 0.2) is 0 Å². The Morgan fingerprint density at radius 2 is 2.47 bits per heavy atom. The van der Waals surface area contributed by atoms with Crippen LogP contribution in [0.1, 0.15) is 30.9 Å². The quantitative estimate of drug-likeness (QED) is 0.737. The van der Waals surface area contributed by atoms with E-state index in [2.05, 4.69) is 16.1 Å². The van der Waals surface area contributed by atoms with Crippen LogP contribution in [0.5, 0.6) is 0 Å². The topological polar surface area (TPSA) is 63.1 Å². The lowest BCUT2D eigenvalue weighted by Gasteiger charge is -2.07. The van der Waals surface area contributed by atoms with E-state index in [9.17, 15) is 4.79 Å². The van der Waals surface area contributed by atoms with Crippen molar-refractivity contribution in [1.82, 2.24) is 10.2 Å². The van der Waals surface area contributed by atoms with Crippen LogP contribution in [0.15, 0.2) is 18.3 Å². The van der Waals surface area contributed by atoms with E-state index in [0.717, 1.165) is 5.69 Å². The maximum atomic E-state index is 10.3. The number of hydrogen-bond acceptors (Lipinski definition) is 3. The van der Waals surface area contributed by atoms with Crippen molar-refractivity contribution in [2.24, 2.45) is 0 Å². The summed E-state index contributed by atoms with van der Waals surface area (Å²) >= 11 is 0. The van der Waals surface area contributed by atoms with Crippen molar-refractivity contribution < 1.29 is 9.90 Å². The van der Waals surface area contributed by atoms with Crippen molar-refractivity contribution in [1.29, 1.82) is 0 Å². The van der Waals surface area contributed by atoms with Crippen molar-refractivity contribution in [3.05, 3.63) is 24.0 Å². The molecule has 1 aromatic rings. The van der Waals surface area contributed by atoms with Crippen LogP contribution in [0.2, 0.25) is 0 Å². The monoisotopic (exact) mass is 204 g/mol. The van der Waals surface area contributed by atoms with Crippen LogP contribution in [0.25, 0.3) is 0 Å². The van der Waals surface area contributed by atoms with Crippen LogP contribution in [0.3, 0.4) is 0 Å². The van der Waals surface area contributed by atoms with Gasteiger partial charge >= 0.3 is 5.97 Å². The molecule has 1 atom stereocenters. The molecule has 0 aromatic carbocycles. The fraction of sp³-hybridized carbons (Fsp3) is 0.364. The van der Waals surface area contributed by atoms with Gasteiger partial charge in [-0.2, -0.15) is 10.2 Å². The number of aliphatic carboxylic acids is 1. The van der Waals surface area contributed by atoms with Gasteiger partial charge in [-0.25, -0.2) is 0 Å². The van der Waals surface area contributed by atoms with Crippen LogP contribution in [-0.2, 0) is 4.79 Å². The van der Waals surface area contributed by atoms with E-state index in [-0.39, 0.29) is 12.3 Å². The Kier molecular flexibility index (Phi) is 4.30. The molecule has 15 heavy (non-hydrogen) atoms. The highest BCUT2D eigenvalue weighted by atomic mass is 16.4. The molecule has 0 fully saturated rings. The van der Waals surface area contributed by atoms with Crippen LogP contribution < -0.4 is 0 Å². The lowest BCUT2D eigenvalue weighted by Crippen LogP contribution is -2.02. The molecule has 4 nitrogen and oxygen atoms in total. The summed E-state index contributed by atoms with van der Waals surface area (Å²) in [5.41, 5.74) is 0.727. The molecule has 0 amide bonds. The first-order valence-corrected chi connectivity index (χ1v) is 4.69. The van der Waals surface area contributed by atoms with Gasteiger partial charge in [0, 0.05) is 12.6 Å². The second-order valence-electron chi connectivity index (χ2n) is 3.15. The van der Waals surface area contributed by atoms with Gasteiger partial charge in [0.1, 0.15) is 0 Å². The number of carbonyl (C=O) groups is 1. The van der Waals surface area contributed by atoms with Gasteiger partial charge in [-0.15, -0.1) is 6.42 Å². The number of carboxylic acid groups (broad SMARTS) is 1. The first kappa shape index (κ1) is 11.2. The smallest absolute Gasteiger partial charge is 0.303 e. The molecule has 0 aliphatic carbocycles. The van der Waals surface area contributed by atoms with E-state index < -0.39 is 5.97 Å². The third kappa shape index (κ3) is 3.77. The van der Waals surface area contributed by atoms with Gasteiger partial charge in [-0.3, -0.25) is 4.79 Å². The number of carboxylic acids is 1. The molecule has 0 bridgehead atoms. The summed E-state index contributed by atoms with van der Waals surface area (Å²) in [6.07, 6.45) is 8.25. The van der Waals surface area contributed by atoms with Gasteiger partial charge in [0.2, 0.25) is 0 Å². The zero-order chi connectivity index (χ0) is 11.1. The van der Waals surface area contributed by atoms with E-state index in [0.29, 0.717) is 12.8 Å². The highest BCUT2D eigenvalue weighted by Gasteiger charge is 2.10. The summed E-state index contributed by atoms with van der Waals surface area (Å²) in [4.78, 5) is 10.3. The lowest BCUT2D eigenvalue weighted by molar-refractivity contribution is -0.137. The van der Waals surface area contributed by atoms with Gasteiger partial charge in [-0.1, -0.05) is 5.92 Å². The molecule has 4 heteroatoms. The number of nitrogens with zero attached hydrogens (tertiary/aromatic N) is 2. The van der Waals surface area contributed by atoms with Crippen molar-refractivity contribution in [2.75, 3.05) is 0 Å². The summed E-state index contributed by atoms with van der Waals surface area (Å²) < 4.78 is 0. The molecule has 0 radical (unpaired) electrons. The van der Waals surface area contributed by atoms with Crippen molar-refractivity contribution in [3.63, 3.8) is 0 Å². The first-order valence-electron chi connectivity index (χ1n) is 4.69. The Morgan fingerprint density at radius 3 is 3.00 bits per heavy atom. The van der Waals surface area contributed by atoms with E-state index in [1.165, 1.54) is 0 Å². The third-order valence-corrected chi connectivity index (χ3v) is 2.03. The molecule has 0 aliphatic heterocycles. The molecule has 0 aliphatic rings. The average Bonchev–Trinajstić information content (AvgIpc) is 2.25. The normalized spacial score (nSPS) is 11.7. The Labute approximate surface area is 88.3 Å². The van der Waals surface area contributed by atoms with Crippen LogP contribution in [-0.4, -0.2) is 21.3 Å². The molecule has 1 N–H and O–H groups in total. The summed E-state index contributed by atoms with van der Waals surface area (Å²) in [5, 5.41) is 16.1. The average molecular weight is 204 g/mol. The van der Waals surface area contributed by atoms with Crippen molar-refractivity contribution in [2.45, 2.75) is 25.2 Å². The van der Waals surface area contributed by atoms with Crippen LogP contribution in [0.4, 0.5) is 0 Å². The van der Waals surface area contributed by atoms with Gasteiger partial charge in [0.25, 0.3) is 0 Å². The molecule has 0 saturated heterocycles. The molecule has 1 aromatic heterocycles. The number of rotatable bonds is 5. The maximum Gasteiger partial charge on any atom is 0.303 e. The zero-order valence-electron chi connectivity index (χ0n) is 8.26. The SMILES string of the molecule is C#CC(CCCC(=O)O)c1cccnn1. The van der Waals surface area contributed by atoms with E-state index in [4.69, 9.17) is 11.5 Å². The molecular formula is C11H12N2O2. The summed E-state index contributed by atoms with van der Waals surface area (Å²) in [6, 6.07) is 3.57. The number of hydrogen-bond donors (Lipinski definition) is 1. The maximum absolute atomic E-state index is 10.3. The lowest BCUT2D eigenvalue weighted by atomic mass is 9.99. The molecule has 78 valence electrons. The van der Waals surface area contributed by atoms with Gasteiger partial charge in [-0.05, 0) is 25.0 Å². The second-order valence-corrected chi connectivity index (χ2v) is 3.15. The fourth-order valence-corrected chi connectivity index (χ4v) is 1.27. The van der Waals surface area contributed by atoms with Gasteiger partial charge < -0.3 is 5.11 Å². The fourth-order valence-electron chi connectivity index (χ4n) is 1.27. The predicted molar refractivity (Wildman–Crippen MR) is 55.1 cm³/mol. The Hall–Kier alpha value is -1.89. The Bertz CT molecular complexity index is 357. The van der Waals surface area contributed by atoms with E-state index in [1.54, 1.807) is 18.3 Å². The Balaban J connectivity index is 2.51. The second kappa shape index (κ2) is 5.76. The number of aromatic nitrogens is 2. The molecule has 1 heterocycles. The van der Waals surface area contributed by atoms with Crippen molar-refractivity contribution in [3.8, 4) is 12.3 Å². The molecular weight excluding hydrogens is 192 g/mol. The van der Waals surface area contributed by atoms with Crippen LogP contribution >= 0.6 is 0 Å². The Morgan fingerprint density at radius 1 is 1.67 bits per heavy atom. The van der Waals surface area contributed by atoms with Gasteiger partial charge in [0.05, 0.1) is 11.6 Å². The minimum absolute atomic E-state index is 0.137. The number of terminal acetylenes is 1. The zero-order valence-corrected chi connectivity index (χ0v) is 8.26. The molecule has 0 spiro atoms.